The average Bonchev–Trinajstić information content (AvgIpc) is 2.72. The molecule has 2 atom stereocenters. The molecule has 3 nitrogen and oxygen atoms in total. The second-order valence-electron chi connectivity index (χ2n) is 4.92. The Bertz CT molecular complexity index is 482. The van der Waals surface area contributed by atoms with Crippen molar-refractivity contribution in [2.24, 2.45) is 0 Å². The summed E-state index contributed by atoms with van der Waals surface area (Å²) in [5, 5.41) is 4.81. The summed E-state index contributed by atoms with van der Waals surface area (Å²) in [6.07, 6.45) is -1.22. The van der Waals surface area contributed by atoms with Crippen LogP contribution in [-0.2, 0) is 0 Å². The maximum Gasteiger partial charge on any atom is 0.414 e. The molecule has 2 heterocycles. The van der Waals surface area contributed by atoms with E-state index in [2.05, 4.69) is 5.32 Å². The van der Waals surface area contributed by atoms with Crippen LogP contribution in [0.5, 0.6) is 0 Å². The molecule has 0 spiro atoms. The van der Waals surface area contributed by atoms with Gasteiger partial charge in [-0.2, -0.15) is 13.2 Å². The van der Waals surface area contributed by atoms with Crippen LogP contribution in [0.2, 0.25) is 0 Å². The maximum atomic E-state index is 13.1. The molecule has 0 aliphatic carbocycles. The van der Waals surface area contributed by atoms with Crippen LogP contribution in [0, 0.1) is 0 Å². The Balaban J connectivity index is 2.29. The molecular weight excluding hydrogens is 287 g/mol. The predicted octanol–water partition coefficient (Wildman–Crippen LogP) is 2.72. The third kappa shape index (κ3) is 2.63. The normalized spacial score (nSPS) is 27.2. The fourth-order valence-corrected chi connectivity index (χ4v) is 3.45. The highest BCUT2D eigenvalue weighted by molar-refractivity contribution is 8.03. The summed E-state index contributed by atoms with van der Waals surface area (Å²) in [6.45, 7) is 1.56. The van der Waals surface area contributed by atoms with Crippen LogP contribution in [0.1, 0.15) is 6.92 Å². The largest absolute Gasteiger partial charge is 0.414 e. The molecule has 0 aromatic carbocycles. The fraction of sp³-hybridized carbons (Fsp3) is 0.538. The van der Waals surface area contributed by atoms with E-state index in [-0.39, 0.29) is 5.37 Å². The number of thioether (sulfide) groups is 1. The summed E-state index contributed by atoms with van der Waals surface area (Å²) in [6, 6.07) is -0.660. The van der Waals surface area contributed by atoms with Gasteiger partial charge in [0.2, 0.25) is 0 Å². The van der Waals surface area contributed by atoms with Gasteiger partial charge in [-0.25, -0.2) is 0 Å². The topological polar surface area (TPSA) is 18.5 Å². The number of nitrogens with one attached hydrogen (secondary N) is 1. The third-order valence-corrected chi connectivity index (χ3v) is 4.85. The second-order valence-corrected chi connectivity index (χ2v) is 5.87. The second kappa shape index (κ2) is 5.27. The third-order valence-electron chi connectivity index (χ3n) is 3.64. The Hall–Kier alpha value is -1.24. The van der Waals surface area contributed by atoms with Gasteiger partial charge in [-0.1, -0.05) is 0 Å². The molecule has 7 heteroatoms. The average molecular weight is 305 g/mol. The lowest BCUT2D eigenvalue weighted by Gasteiger charge is -2.34. The fourth-order valence-electron chi connectivity index (χ4n) is 2.32. The van der Waals surface area contributed by atoms with Gasteiger partial charge in [0.1, 0.15) is 11.2 Å². The number of hydrogen-bond acceptors (Lipinski definition) is 4. The standard InChI is InChI=1S/C13H18F3N3S/c1-8-10(13(14,15)16)5-9(6-18(8)3)12-19(4)11(17-2)7-20-12/h5-8,12,17H,1-4H3. The smallest absolute Gasteiger partial charge is 0.374 e. The van der Waals surface area contributed by atoms with Gasteiger partial charge >= 0.3 is 6.18 Å². The van der Waals surface area contributed by atoms with Crippen LogP contribution in [0.25, 0.3) is 0 Å². The van der Waals surface area contributed by atoms with Crippen LogP contribution in [0.3, 0.4) is 0 Å². The van der Waals surface area contributed by atoms with Crippen molar-refractivity contribution in [3.63, 3.8) is 0 Å². The minimum Gasteiger partial charge on any atom is -0.374 e. The zero-order valence-corrected chi connectivity index (χ0v) is 12.6. The maximum absolute atomic E-state index is 13.1. The first-order chi connectivity index (χ1) is 9.25. The number of likely N-dealkylation sites (N-methyl/N-ethyl adjacent to an activating group) is 2. The van der Waals surface area contributed by atoms with Gasteiger partial charge in [-0.15, -0.1) is 11.8 Å². The predicted molar refractivity (Wildman–Crippen MR) is 75.7 cm³/mol. The lowest BCUT2D eigenvalue weighted by molar-refractivity contribution is -0.0993. The van der Waals surface area contributed by atoms with E-state index in [0.29, 0.717) is 5.57 Å². The monoisotopic (exact) mass is 305 g/mol. The molecule has 112 valence electrons. The highest BCUT2D eigenvalue weighted by atomic mass is 32.2. The van der Waals surface area contributed by atoms with E-state index >= 15 is 0 Å². The summed E-state index contributed by atoms with van der Waals surface area (Å²) in [7, 11) is 5.34. The van der Waals surface area contributed by atoms with Gasteiger partial charge in [0.05, 0.1) is 11.6 Å². The van der Waals surface area contributed by atoms with E-state index in [1.807, 2.05) is 17.4 Å². The molecule has 0 aromatic rings. The molecule has 1 N–H and O–H groups in total. The minimum atomic E-state index is -4.30. The first-order valence-electron chi connectivity index (χ1n) is 6.24. The van der Waals surface area contributed by atoms with E-state index in [1.165, 1.54) is 17.8 Å². The van der Waals surface area contributed by atoms with Crippen molar-refractivity contribution in [3.05, 3.63) is 34.7 Å². The molecule has 0 aromatic heterocycles. The van der Waals surface area contributed by atoms with Gasteiger partial charge in [-0.05, 0) is 13.0 Å². The molecule has 0 saturated carbocycles. The van der Waals surface area contributed by atoms with Crippen molar-refractivity contribution in [3.8, 4) is 0 Å². The summed E-state index contributed by atoms with van der Waals surface area (Å²) < 4.78 is 39.3. The molecule has 20 heavy (non-hydrogen) atoms. The quantitative estimate of drug-likeness (QED) is 0.845. The number of halogens is 3. The van der Waals surface area contributed by atoms with Crippen molar-refractivity contribution in [1.82, 2.24) is 15.1 Å². The number of hydrogen-bond donors (Lipinski definition) is 1. The molecule has 0 fully saturated rings. The van der Waals surface area contributed by atoms with E-state index in [1.54, 1.807) is 32.1 Å². The van der Waals surface area contributed by atoms with Crippen LogP contribution in [0.4, 0.5) is 13.2 Å². The molecule has 0 radical (unpaired) electrons. The lowest BCUT2D eigenvalue weighted by atomic mass is 10.00. The molecule has 2 aliphatic heterocycles. The zero-order chi connectivity index (χ0) is 15.1. The highest BCUT2D eigenvalue weighted by Crippen LogP contribution is 2.39. The summed E-state index contributed by atoms with van der Waals surface area (Å²) in [4.78, 5) is 3.55. The van der Waals surface area contributed by atoms with Crippen LogP contribution < -0.4 is 5.32 Å². The molecule has 0 saturated heterocycles. The van der Waals surface area contributed by atoms with Crippen molar-refractivity contribution in [2.45, 2.75) is 24.5 Å². The van der Waals surface area contributed by atoms with Crippen LogP contribution in [-0.4, -0.2) is 48.5 Å². The van der Waals surface area contributed by atoms with Crippen LogP contribution >= 0.6 is 11.8 Å². The van der Waals surface area contributed by atoms with Gasteiger partial charge in [0.15, 0.2) is 0 Å². The Morgan fingerprint density at radius 1 is 1.30 bits per heavy atom. The van der Waals surface area contributed by atoms with E-state index in [4.69, 9.17) is 0 Å². The van der Waals surface area contributed by atoms with Gasteiger partial charge in [0.25, 0.3) is 0 Å². The van der Waals surface area contributed by atoms with Crippen LogP contribution in [0.15, 0.2) is 34.7 Å². The number of nitrogens with zero attached hydrogens (tertiary/aromatic N) is 2. The first kappa shape index (κ1) is 15.2. The Morgan fingerprint density at radius 2 is 1.95 bits per heavy atom. The summed E-state index contributed by atoms with van der Waals surface area (Å²) in [5.74, 6) is 0.907. The van der Waals surface area contributed by atoms with E-state index < -0.39 is 17.8 Å². The van der Waals surface area contributed by atoms with Gasteiger partial charge in [-0.3, -0.25) is 0 Å². The number of rotatable bonds is 2. The SMILES string of the molecule is CNC1=CSC(C2=CN(C)C(C)C(C(F)(F)F)=C2)N1C. The molecule has 0 bridgehead atoms. The van der Waals surface area contributed by atoms with E-state index in [9.17, 15) is 13.2 Å². The Labute approximate surface area is 121 Å². The Kier molecular flexibility index (Phi) is 4.00. The van der Waals surface area contributed by atoms with Gasteiger partial charge < -0.3 is 15.1 Å². The summed E-state index contributed by atoms with van der Waals surface area (Å²) in [5.41, 5.74) is 0.163. The molecular formula is C13H18F3N3S. The van der Waals surface area contributed by atoms with Crippen molar-refractivity contribution in [2.75, 3.05) is 21.1 Å². The van der Waals surface area contributed by atoms with Crippen molar-refractivity contribution in [1.29, 1.82) is 0 Å². The van der Waals surface area contributed by atoms with E-state index in [0.717, 1.165) is 5.82 Å². The Morgan fingerprint density at radius 3 is 2.45 bits per heavy atom. The lowest BCUT2D eigenvalue weighted by Crippen LogP contribution is -2.38. The van der Waals surface area contributed by atoms with Crippen molar-refractivity contribution < 1.29 is 13.2 Å². The summed E-state index contributed by atoms with van der Waals surface area (Å²) >= 11 is 1.50. The minimum absolute atomic E-state index is 0.134. The van der Waals surface area contributed by atoms with Gasteiger partial charge in [0, 0.05) is 38.3 Å². The highest BCUT2D eigenvalue weighted by Gasteiger charge is 2.41. The first-order valence-corrected chi connectivity index (χ1v) is 7.18. The molecule has 2 aliphatic rings. The number of alkyl halides is 3. The molecule has 2 rings (SSSR count). The van der Waals surface area contributed by atoms with Crippen molar-refractivity contribution >= 4 is 11.8 Å². The molecule has 2 unspecified atom stereocenters. The zero-order valence-electron chi connectivity index (χ0n) is 11.8. The molecule has 0 amide bonds.